The van der Waals surface area contributed by atoms with Crippen molar-refractivity contribution in [3.05, 3.63) is 36.3 Å². The molecule has 0 saturated heterocycles. The van der Waals surface area contributed by atoms with Gasteiger partial charge < -0.3 is 14.6 Å². The van der Waals surface area contributed by atoms with Gasteiger partial charge in [-0.3, -0.25) is 0 Å². The molecule has 0 saturated carbocycles. The van der Waals surface area contributed by atoms with Crippen LogP contribution in [-0.2, 0) is 6.42 Å². The van der Waals surface area contributed by atoms with Crippen molar-refractivity contribution in [1.29, 1.82) is 0 Å². The van der Waals surface area contributed by atoms with Crippen LogP contribution < -0.4 is 9.47 Å². The second-order valence-corrected chi connectivity index (χ2v) is 3.90. The molecule has 2 aromatic rings. The molecule has 92 valence electrons. The maximum atomic E-state index is 8.89. The summed E-state index contributed by atoms with van der Waals surface area (Å²) >= 11 is 0. The standard InChI is InChI=1S/C13H12N2O3/c16-6-4-13-14-5-3-10(15-13)9-1-2-11-12(7-9)18-8-17-11/h1-3,5,7,16H,4,6,8H2. The second kappa shape index (κ2) is 4.62. The molecule has 0 fully saturated rings. The summed E-state index contributed by atoms with van der Waals surface area (Å²) in [5, 5.41) is 8.89. The molecule has 1 aliphatic heterocycles. The summed E-state index contributed by atoms with van der Waals surface area (Å²) in [7, 11) is 0. The molecule has 18 heavy (non-hydrogen) atoms. The van der Waals surface area contributed by atoms with Gasteiger partial charge in [0.05, 0.1) is 12.3 Å². The molecule has 1 N–H and O–H groups in total. The third-order valence-electron chi connectivity index (χ3n) is 2.71. The van der Waals surface area contributed by atoms with Crippen LogP contribution in [0.3, 0.4) is 0 Å². The van der Waals surface area contributed by atoms with E-state index in [9.17, 15) is 0 Å². The number of ether oxygens (including phenoxy) is 2. The van der Waals surface area contributed by atoms with E-state index in [1.54, 1.807) is 6.20 Å². The molecule has 2 heterocycles. The highest BCUT2D eigenvalue weighted by atomic mass is 16.7. The maximum absolute atomic E-state index is 8.89. The first kappa shape index (κ1) is 11.0. The van der Waals surface area contributed by atoms with E-state index in [2.05, 4.69) is 9.97 Å². The molecule has 5 heteroatoms. The van der Waals surface area contributed by atoms with Crippen molar-refractivity contribution in [2.45, 2.75) is 6.42 Å². The first-order valence-corrected chi connectivity index (χ1v) is 5.69. The van der Waals surface area contributed by atoms with Crippen LogP contribution in [0.2, 0.25) is 0 Å². The highest BCUT2D eigenvalue weighted by molar-refractivity contribution is 5.64. The summed E-state index contributed by atoms with van der Waals surface area (Å²) in [5.74, 6) is 2.12. The van der Waals surface area contributed by atoms with Gasteiger partial charge in [0.25, 0.3) is 0 Å². The van der Waals surface area contributed by atoms with Crippen molar-refractivity contribution in [1.82, 2.24) is 9.97 Å². The molecule has 0 spiro atoms. The average molecular weight is 244 g/mol. The highest BCUT2D eigenvalue weighted by Crippen LogP contribution is 2.35. The summed E-state index contributed by atoms with van der Waals surface area (Å²) in [6.07, 6.45) is 2.15. The van der Waals surface area contributed by atoms with Gasteiger partial charge in [-0.2, -0.15) is 0 Å². The van der Waals surface area contributed by atoms with Crippen molar-refractivity contribution >= 4 is 0 Å². The van der Waals surface area contributed by atoms with Gasteiger partial charge in [0.1, 0.15) is 5.82 Å². The Balaban J connectivity index is 1.96. The fraction of sp³-hybridized carbons (Fsp3) is 0.231. The smallest absolute Gasteiger partial charge is 0.231 e. The van der Waals surface area contributed by atoms with Crippen LogP contribution in [0.1, 0.15) is 5.82 Å². The van der Waals surface area contributed by atoms with E-state index >= 15 is 0 Å². The van der Waals surface area contributed by atoms with Gasteiger partial charge in [-0.05, 0) is 24.3 Å². The summed E-state index contributed by atoms with van der Waals surface area (Å²) < 4.78 is 10.6. The third-order valence-corrected chi connectivity index (χ3v) is 2.71. The highest BCUT2D eigenvalue weighted by Gasteiger charge is 2.14. The molecule has 0 aliphatic carbocycles. The summed E-state index contributed by atoms with van der Waals surface area (Å²) in [5.41, 5.74) is 1.76. The molecule has 0 radical (unpaired) electrons. The number of aliphatic hydroxyl groups is 1. The minimum atomic E-state index is 0.0462. The Hall–Kier alpha value is -2.14. The first-order valence-electron chi connectivity index (χ1n) is 5.69. The third kappa shape index (κ3) is 2.00. The fourth-order valence-corrected chi connectivity index (χ4v) is 1.84. The summed E-state index contributed by atoms with van der Waals surface area (Å²) in [6.45, 7) is 0.308. The zero-order valence-electron chi connectivity index (χ0n) is 9.67. The molecule has 5 nitrogen and oxygen atoms in total. The van der Waals surface area contributed by atoms with Crippen molar-refractivity contribution in [3.8, 4) is 22.8 Å². The van der Waals surface area contributed by atoms with E-state index in [1.165, 1.54) is 0 Å². The Labute approximate surface area is 104 Å². The van der Waals surface area contributed by atoms with Gasteiger partial charge in [-0.25, -0.2) is 9.97 Å². The molecular weight excluding hydrogens is 232 g/mol. The van der Waals surface area contributed by atoms with E-state index in [0.29, 0.717) is 12.2 Å². The molecule has 3 rings (SSSR count). The molecule has 0 unspecified atom stereocenters. The number of rotatable bonds is 3. The van der Waals surface area contributed by atoms with Gasteiger partial charge in [-0.15, -0.1) is 0 Å². The Morgan fingerprint density at radius 1 is 1.17 bits per heavy atom. The zero-order valence-corrected chi connectivity index (χ0v) is 9.67. The number of fused-ring (bicyclic) bond motifs is 1. The number of hydrogen-bond acceptors (Lipinski definition) is 5. The number of aromatic nitrogens is 2. The molecule has 0 bridgehead atoms. The van der Waals surface area contributed by atoms with Gasteiger partial charge >= 0.3 is 0 Å². The van der Waals surface area contributed by atoms with Crippen LogP contribution in [0.4, 0.5) is 0 Å². The quantitative estimate of drug-likeness (QED) is 0.884. The normalized spacial score (nSPS) is 12.7. The maximum Gasteiger partial charge on any atom is 0.231 e. The van der Waals surface area contributed by atoms with Crippen LogP contribution >= 0.6 is 0 Å². The summed E-state index contributed by atoms with van der Waals surface area (Å²) in [6, 6.07) is 7.52. The van der Waals surface area contributed by atoms with Crippen LogP contribution in [0.15, 0.2) is 30.5 Å². The molecule has 1 aromatic carbocycles. The fourth-order valence-electron chi connectivity index (χ4n) is 1.84. The lowest BCUT2D eigenvalue weighted by Gasteiger charge is -2.04. The van der Waals surface area contributed by atoms with Crippen molar-refractivity contribution < 1.29 is 14.6 Å². The first-order chi connectivity index (χ1) is 8.86. The average Bonchev–Trinajstić information content (AvgIpc) is 2.86. The van der Waals surface area contributed by atoms with E-state index in [4.69, 9.17) is 14.6 Å². The lowest BCUT2D eigenvalue weighted by Crippen LogP contribution is -1.99. The Kier molecular flexibility index (Phi) is 2.82. The topological polar surface area (TPSA) is 64.5 Å². The Morgan fingerprint density at radius 3 is 2.94 bits per heavy atom. The van der Waals surface area contributed by atoms with Crippen LogP contribution in [0.5, 0.6) is 11.5 Å². The zero-order chi connectivity index (χ0) is 12.4. The number of benzene rings is 1. The van der Waals surface area contributed by atoms with Crippen LogP contribution in [0.25, 0.3) is 11.3 Å². The van der Waals surface area contributed by atoms with E-state index < -0.39 is 0 Å². The summed E-state index contributed by atoms with van der Waals surface area (Å²) in [4.78, 5) is 8.49. The largest absolute Gasteiger partial charge is 0.454 e. The predicted octanol–water partition coefficient (Wildman–Crippen LogP) is 1.41. The molecule has 0 amide bonds. The SMILES string of the molecule is OCCc1nccc(-c2ccc3c(c2)OCO3)n1. The number of nitrogens with zero attached hydrogens (tertiary/aromatic N) is 2. The minimum absolute atomic E-state index is 0.0462. The van der Waals surface area contributed by atoms with Gasteiger partial charge in [0.2, 0.25) is 6.79 Å². The Morgan fingerprint density at radius 2 is 2.06 bits per heavy atom. The molecule has 0 atom stereocenters. The lowest BCUT2D eigenvalue weighted by molar-refractivity contribution is 0.174. The van der Waals surface area contributed by atoms with Crippen molar-refractivity contribution in [2.24, 2.45) is 0 Å². The van der Waals surface area contributed by atoms with Crippen molar-refractivity contribution in [3.63, 3.8) is 0 Å². The lowest BCUT2D eigenvalue weighted by atomic mass is 10.1. The van der Waals surface area contributed by atoms with E-state index in [0.717, 1.165) is 22.8 Å². The van der Waals surface area contributed by atoms with Crippen LogP contribution in [0, 0.1) is 0 Å². The van der Waals surface area contributed by atoms with E-state index in [-0.39, 0.29) is 13.4 Å². The minimum Gasteiger partial charge on any atom is -0.454 e. The molecular formula is C13H12N2O3. The number of aliphatic hydroxyl groups excluding tert-OH is 1. The van der Waals surface area contributed by atoms with Crippen LogP contribution in [-0.4, -0.2) is 28.5 Å². The monoisotopic (exact) mass is 244 g/mol. The number of hydrogen-bond donors (Lipinski definition) is 1. The molecule has 1 aromatic heterocycles. The van der Waals surface area contributed by atoms with Gasteiger partial charge in [0.15, 0.2) is 11.5 Å². The van der Waals surface area contributed by atoms with E-state index in [1.807, 2.05) is 24.3 Å². The van der Waals surface area contributed by atoms with Gasteiger partial charge in [0, 0.05) is 18.2 Å². The Bertz CT molecular complexity index is 572. The van der Waals surface area contributed by atoms with Gasteiger partial charge in [-0.1, -0.05) is 0 Å². The second-order valence-electron chi connectivity index (χ2n) is 3.90. The van der Waals surface area contributed by atoms with Crippen molar-refractivity contribution in [2.75, 3.05) is 13.4 Å². The molecule has 1 aliphatic rings. The predicted molar refractivity (Wildman–Crippen MR) is 64.4 cm³/mol.